The first kappa shape index (κ1) is 9.27. The van der Waals surface area contributed by atoms with Crippen molar-refractivity contribution >= 4 is 15.9 Å². The SMILES string of the molecule is [CH2]CC(CBr)C(F)(F)F. The maximum Gasteiger partial charge on any atom is 0.392 e. The van der Waals surface area contributed by atoms with Crippen molar-refractivity contribution in [3.05, 3.63) is 6.92 Å². The fourth-order valence-corrected chi connectivity index (χ4v) is 1.02. The van der Waals surface area contributed by atoms with Gasteiger partial charge >= 0.3 is 6.18 Å². The van der Waals surface area contributed by atoms with Gasteiger partial charge in [0.2, 0.25) is 0 Å². The third-order valence-electron chi connectivity index (χ3n) is 0.998. The molecule has 0 aromatic carbocycles. The molecule has 0 saturated carbocycles. The minimum Gasteiger partial charge on any atom is -0.171 e. The summed E-state index contributed by atoms with van der Waals surface area (Å²) >= 11 is 2.75. The van der Waals surface area contributed by atoms with Crippen molar-refractivity contribution in [2.45, 2.75) is 12.6 Å². The summed E-state index contributed by atoms with van der Waals surface area (Å²) in [7, 11) is 0. The normalized spacial score (nSPS) is 15.7. The smallest absolute Gasteiger partial charge is 0.171 e. The van der Waals surface area contributed by atoms with Crippen molar-refractivity contribution in [1.82, 2.24) is 0 Å². The van der Waals surface area contributed by atoms with Crippen LogP contribution in [-0.2, 0) is 0 Å². The minimum atomic E-state index is -4.09. The van der Waals surface area contributed by atoms with Gasteiger partial charge in [0.1, 0.15) is 0 Å². The van der Waals surface area contributed by atoms with E-state index in [1.54, 1.807) is 0 Å². The first-order chi connectivity index (χ1) is 4.02. The summed E-state index contributed by atoms with van der Waals surface area (Å²) in [6.07, 6.45) is -4.19. The van der Waals surface area contributed by atoms with Gasteiger partial charge in [-0.15, -0.1) is 0 Å². The molecule has 55 valence electrons. The number of alkyl halides is 4. The molecule has 0 bridgehead atoms. The Hall–Kier alpha value is 0.270. The molecule has 1 atom stereocenters. The van der Waals surface area contributed by atoms with E-state index in [0.29, 0.717) is 0 Å². The lowest BCUT2D eigenvalue weighted by molar-refractivity contribution is -0.166. The van der Waals surface area contributed by atoms with Gasteiger partial charge in [-0.1, -0.05) is 22.9 Å². The summed E-state index contributed by atoms with van der Waals surface area (Å²) in [6, 6.07) is 0. The number of hydrogen-bond donors (Lipinski definition) is 0. The van der Waals surface area contributed by atoms with E-state index in [1.165, 1.54) is 0 Å². The predicted octanol–water partition coefficient (Wildman–Crippen LogP) is 2.78. The van der Waals surface area contributed by atoms with Gasteiger partial charge in [-0.2, -0.15) is 13.2 Å². The lowest BCUT2D eigenvalue weighted by Crippen LogP contribution is -2.23. The van der Waals surface area contributed by atoms with Crippen LogP contribution in [0.5, 0.6) is 0 Å². The largest absolute Gasteiger partial charge is 0.392 e. The van der Waals surface area contributed by atoms with Crippen LogP contribution in [0.1, 0.15) is 6.42 Å². The molecule has 0 amide bonds. The van der Waals surface area contributed by atoms with Gasteiger partial charge in [-0.05, 0) is 6.42 Å². The lowest BCUT2D eigenvalue weighted by atomic mass is 10.1. The van der Waals surface area contributed by atoms with Crippen LogP contribution in [0, 0.1) is 12.8 Å². The summed E-state index contributed by atoms with van der Waals surface area (Å²) in [4.78, 5) is 0. The fraction of sp³-hybridized carbons (Fsp3) is 0.800. The molecular formula is C5H7BrF3. The second-order valence-electron chi connectivity index (χ2n) is 1.68. The third kappa shape index (κ3) is 3.08. The highest BCUT2D eigenvalue weighted by atomic mass is 79.9. The number of hydrogen-bond acceptors (Lipinski definition) is 0. The zero-order chi connectivity index (χ0) is 7.49. The Bertz CT molecular complexity index is 74.8. The molecule has 0 aliphatic rings. The topological polar surface area (TPSA) is 0 Å². The van der Waals surface area contributed by atoms with Gasteiger partial charge in [0.05, 0.1) is 5.92 Å². The van der Waals surface area contributed by atoms with Crippen LogP contribution in [0.25, 0.3) is 0 Å². The third-order valence-corrected chi connectivity index (χ3v) is 1.78. The van der Waals surface area contributed by atoms with Gasteiger partial charge in [-0.3, -0.25) is 0 Å². The average molecular weight is 204 g/mol. The van der Waals surface area contributed by atoms with E-state index >= 15 is 0 Å². The molecule has 0 saturated heterocycles. The van der Waals surface area contributed by atoms with Crippen molar-refractivity contribution in [1.29, 1.82) is 0 Å². The first-order valence-corrected chi connectivity index (χ1v) is 3.56. The van der Waals surface area contributed by atoms with E-state index < -0.39 is 12.1 Å². The second-order valence-corrected chi connectivity index (χ2v) is 2.33. The highest BCUT2D eigenvalue weighted by molar-refractivity contribution is 9.09. The molecule has 0 spiro atoms. The maximum absolute atomic E-state index is 11.7. The van der Waals surface area contributed by atoms with Gasteiger partial charge in [-0.25, -0.2) is 0 Å². The van der Waals surface area contributed by atoms with Crippen molar-refractivity contribution in [2.24, 2.45) is 5.92 Å². The zero-order valence-corrected chi connectivity index (χ0v) is 6.30. The Kier molecular flexibility index (Phi) is 3.54. The fourth-order valence-electron chi connectivity index (χ4n) is 0.328. The molecule has 0 heterocycles. The molecule has 9 heavy (non-hydrogen) atoms. The predicted molar refractivity (Wildman–Crippen MR) is 33.3 cm³/mol. The van der Waals surface area contributed by atoms with Gasteiger partial charge in [0.25, 0.3) is 0 Å². The molecule has 1 radical (unpaired) electrons. The Balaban J connectivity index is 3.79. The van der Waals surface area contributed by atoms with E-state index in [9.17, 15) is 13.2 Å². The Morgan fingerprint density at radius 3 is 1.89 bits per heavy atom. The maximum atomic E-state index is 11.7. The van der Waals surface area contributed by atoms with Crippen molar-refractivity contribution in [3.8, 4) is 0 Å². The molecule has 0 aliphatic carbocycles. The monoisotopic (exact) mass is 203 g/mol. The molecule has 0 rings (SSSR count). The van der Waals surface area contributed by atoms with Crippen LogP contribution in [0.4, 0.5) is 13.2 Å². The van der Waals surface area contributed by atoms with Gasteiger partial charge < -0.3 is 0 Å². The van der Waals surface area contributed by atoms with E-state index in [0.717, 1.165) is 0 Å². The standard InChI is InChI=1S/C5H7BrF3/c1-2-4(3-6)5(7,8)9/h4H,1-3H2. The van der Waals surface area contributed by atoms with Crippen LogP contribution in [0.3, 0.4) is 0 Å². The molecular weight excluding hydrogens is 197 g/mol. The van der Waals surface area contributed by atoms with Crippen LogP contribution in [-0.4, -0.2) is 11.5 Å². The van der Waals surface area contributed by atoms with Crippen LogP contribution in [0.15, 0.2) is 0 Å². The molecule has 0 aliphatic heterocycles. The highest BCUT2D eigenvalue weighted by Gasteiger charge is 2.36. The summed E-state index contributed by atoms with van der Waals surface area (Å²) < 4.78 is 35.0. The number of halogens is 4. The van der Waals surface area contributed by atoms with Crippen molar-refractivity contribution in [3.63, 3.8) is 0 Å². The molecule has 0 nitrogen and oxygen atoms in total. The van der Waals surface area contributed by atoms with Crippen LogP contribution < -0.4 is 0 Å². The Labute approximate surface area is 60.6 Å². The summed E-state index contributed by atoms with van der Waals surface area (Å²) in [5.41, 5.74) is 0. The van der Waals surface area contributed by atoms with E-state index in [4.69, 9.17) is 0 Å². The molecule has 0 N–H and O–H groups in total. The van der Waals surface area contributed by atoms with Crippen LogP contribution >= 0.6 is 15.9 Å². The van der Waals surface area contributed by atoms with E-state index in [-0.39, 0.29) is 11.8 Å². The minimum absolute atomic E-state index is 0.0556. The molecule has 0 aromatic rings. The second kappa shape index (κ2) is 3.44. The zero-order valence-electron chi connectivity index (χ0n) is 4.71. The van der Waals surface area contributed by atoms with Crippen LogP contribution in [0.2, 0.25) is 0 Å². The van der Waals surface area contributed by atoms with E-state index in [1.807, 2.05) is 0 Å². The molecule has 4 heteroatoms. The Morgan fingerprint density at radius 2 is 1.89 bits per heavy atom. The van der Waals surface area contributed by atoms with Crippen molar-refractivity contribution < 1.29 is 13.2 Å². The first-order valence-electron chi connectivity index (χ1n) is 2.44. The quantitative estimate of drug-likeness (QED) is 0.606. The average Bonchev–Trinajstić information content (AvgIpc) is 1.65. The van der Waals surface area contributed by atoms with Gasteiger partial charge in [0.15, 0.2) is 0 Å². The Morgan fingerprint density at radius 1 is 1.44 bits per heavy atom. The van der Waals surface area contributed by atoms with Gasteiger partial charge in [0, 0.05) is 5.33 Å². The molecule has 1 unspecified atom stereocenters. The lowest BCUT2D eigenvalue weighted by Gasteiger charge is -2.14. The number of rotatable bonds is 2. The van der Waals surface area contributed by atoms with E-state index in [2.05, 4.69) is 22.9 Å². The highest BCUT2D eigenvalue weighted by Crippen LogP contribution is 2.29. The molecule has 0 aromatic heterocycles. The summed E-state index contributed by atoms with van der Waals surface area (Å²) in [6.45, 7) is 3.17. The van der Waals surface area contributed by atoms with Crippen molar-refractivity contribution in [2.75, 3.05) is 5.33 Å². The summed E-state index contributed by atoms with van der Waals surface area (Å²) in [5.74, 6) is -1.29. The molecule has 0 fully saturated rings. The summed E-state index contributed by atoms with van der Waals surface area (Å²) in [5, 5.41) is -0.0556.